The van der Waals surface area contributed by atoms with Gasteiger partial charge in [0.2, 0.25) is 0 Å². The molecule has 3 atom stereocenters. The zero-order valence-electron chi connectivity index (χ0n) is 25.3. The van der Waals surface area contributed by atoms with Crippen molar-refractivity contribution in [3.05, 3.63) is 92.0 Å². The van der Waals surface area contributed by atoms with Gasteiger partial charge in [-0.05, 0) is 68.6 Å². The van der Waals surface area contributed by atoms with Crippen LogP contribution in [0.5, 0.6) is 0 Å². The average molecular weight is 581 g/mol. The lowest BCUT2D eigenvalue weighted by molar-refractivity contribution is -0.140. The van der Waals surface area contributed by atoms with E-state index in [0.717, 1.165) is 39.9 Å². The molecule has 1 aliphatic carbocycles. The monoisotopic (exact) mass is 580 g/mol. The van der Waals surface area contributed by atoms with Gasteiger partial charge in [-0.1, -0.05) is 13.8 Å². The molecule has 5 heterocycles. The summed E-state index contributed by atoms with van der Waals surface area (Å²) in [5.74, 6) is -0.335. The Morgan fingerprint density at radius 3 is 2.58 bits per heavy atom. The van der Waals surface area contributed by atoms with E-state index in [4.69, 9.17) is 19.7 Å². The summed E-state index contributed by atoms with van der Waals surface area (Å²) in [7, 11) is 1.39. The van der Waals surface area contributed by atoms with Crippen molar-refractivity contribution in [3.63, 3.8) is 0 Å². The van der Waals surface area contributed by atoms with Crippen LogP contribution in [0.2, 0.25) is 0 Å². The van der Waals surface area contributed by atoms with Gasteiger partial charge in [0.25, 0.3) is 0 Å². The quantitative estimate of drug-likeness (QED) is 0.304. The fraction of sp³-hybridized carbons (Fsp3) is 0.382. The van der Waals surface area contributed by atoms with E-state index < -0.39 is 6.10 Å². The molecule has 0 spiro atoms. The van der Waals surface area contributed by atoms with Crippen molar-refractivity contribution in [1.29, 1.82) is 0 Å². The number of ether oxygens (including phenoxy) is 1. The molecule has 3 N–H and O–H groups in total. The minimum atomic E-state index is -0.780. The first-order chi connectivity index (χ1) is 20.6. The van der Waals surface area contributed by atoms with Crippen LogP contribution >= 0.6 is 0 Å². The van der Waals surface area contributed by atoms with E-state index in [1.807, 2.05) is 39.0 Å². The van der Waals surface area contributed by atoms with E-state index >= 15 is 0 Å². The minimum Gasteiger partial charge on any atom is -0.515 e. The maximum atomic E-state index is 13.4. The maximum Gasteiger partial charge on any atom is 0.305 e. The molecule has 9 nitrogen and oxygen atoms in total. The number of allylic oxidation sites excluding steroid dienone is 11. The van der Waals surface area contributed by atoms with Crippen LogP contribution in [0.3, 0.4) is 0 Å². The molecule has 1 saturated heterocycles. The molecule has 0 aromatic rings. The fourth-order valence-corrected chi connectivity index (χ4v) is 6.97. The number of carbonyl (C=O) groups excluding carboxylic acids is 2. The van der Waals surface area contributed by atoms with Crippen LogP contribution < -0.4 is 5.32 Å². The van der Waals surface area contributed by atoms with E-state index in [-0.39, 0.29) is 36.4 Å². The van der Waals surface area contributed by atoms with Crippen molar-refractivity contribution >= 4 is 28.9 Å². The minimum absolute atomic E-state index is 0.0100. The highest BCUT2D eigenvalue weighted by molar-refractivity contribution is 6.38. The molecule has 9 heteroatoms. The van der Waals surface area contributed by atoms with Gasteiger partial charge in [0.1, 0.15) is 0 Å². The van der Waals surface area contributed by atoms with Crippen molar-refractivity contribution < 1.29 is 24.5 Å². The summed E-state index contributed by atoms with van der Waals surface area (Å²) < 4.78 is 4.95. The van der Waals surface area contributed by atoms with Crippen LogP contribution in [0.4, 0.5) is 0 Å². The van der Waals surface area contributed by atoms with Crippen molar-refractivity contribution in [2.75, 3.05) is 7.11 Å². The molecule has 1 saturated carbocycles. The number of aliphatic hydroxyl groups excluding tert-OH is 2. The predicted molar refractivity (Wildman–Crippen MR) is 165 cm³/mol. The van der Waals surface area contributed by atoms with Gasteiger partial charge in [0.05, 0.1) is 53.7 Å². The molecule has 8 bridgehead atoms. The molecule has 6 rings (SSSR count). The number of Topliss-reactive ketones (excluding diaryl/α,β-unsaturated/α-hetero) is 1. The maximum absolute atomic E-state index is 13.4. The van der Waals surface area contributed by atoms with E-state index in [1.165, 1.54) is 7.11 Å². The summed E-state index contributed by atoms with van der Waals surface area (Å²) in [6, 6.07) is 0. The predicted octanol–water partition coefficient (Wildman–Crippen LogP) is 5.17. The topological polar surface area (TPSA) is 133 Å². The number of carbonyl (C=O) groups is 2. The highest BCUT2D eigenvalue weighted by atomic mass is 16.5. The number of hydrogen-bond donors (Lipinski definition) is 3. The number of nitrogens with zero attached hydrogens (tertiary/aromatic N) is 3. The van der Waals surface area contributed by atoms with E-state index in [1.54, 1.807) is 6.92 Å². The van der Waals surface area contributed by atoms with Gasteiger partial charge >= 0.3 is 5.97 Å². The van der Waals surface area contributed by atoms with Gasteiger partial charge in [0, 0.05) is 58.4 Å². The molecule has 0 unspecified atom stereocenters. The molecule has 0 aromatic carbocycles. The molecule has 5 aliphatic heterocycles. The number of nitrogens with one attached hydrogen (secondary N) is 1. The third-order valence-corrected chi connectivity index (χ3v) is 9.28. The third kappa shape index (κ3) is 4.54. The Morgan fingerprint density at radius 2 is 1.91 bits per heavy atom. The van der Waals surface area contributed by atoms with Crippen LogP contribution in [-0.2, 0) is 14.3 Å². The first-order valence-electron chi connectivity index (χ1n) is 14.8. The summed E-state index contributed by atoms with van der Waals surface area (Å²) in [4.78, 5) is 40.4. The Kier molecular flexibility index (Phi) is 7.16. The number of methoxy groups -OCH3 is 1. The van der Waals surface area contributed by atoms with Gasteiger partial charge < -0.3 is 20.3 Å². The van der Waals surface area contributed by atoms with Gasteiger partial charge in [-0.3, -0.25) is 9.59 Å². The Labute approximate surface area is 250 Å². The largest absolute Gasteiger partial charge is 0.515 e. The van der Waals surface area contributed by atoms with Crippen LogP contribution in [0.1, 0.15) is 60.3 Å². The molecular formula is C34H36N4O5. The van der Waals surface area contributed by atoms with E-state index in [2.05, 4.69) is 12.2 Å². The van der Waals surface area contributed by atoms with Crippen molar-refractivity contribution in [1.82, 2.24) is 5.32 Å². The van der Waals surface area contributed by atoms with E-state index in [9.17, 15) is 19.8 Å². The lowest BCUT2D eigenvalue weighted by Crippen LogP contribution is -2.15. The first-order valence-corrected chi connectivity index (χ1v) is 14.8. The normalized spacial score (nSPS) is 26.1. The first kappa shape index (κ1) is 28.7. The third-order valence-electron chi connectivity index (χ3n) is 9.28. The Bertz CT molecular complexity index is 1730. The summed E-state index contributed by atoms with van der Waals surface area (Å²) in [6.45, 7) is 9.67. The summed E-state index contributed by atoms with van der Waals surface area (Å²) in [5, 5.41) is 24.7. The molecular weight excluding hydrogens is 544 g/mol. The van der Waals surface area contributed by atoms with Crippen LogP contribution in [0.25, 0.3) is 0 Å². The molecule has 2 fully saturated rings. The van der Waals surface area contributed by atoms with Crippen LogP contribution in [-0.4, -0.2) is 52.3 Å². The molecule has 43 heavy (non-hydrogen) atoms. The zero-order valence-corrected chi connectivity index (χ0v) is 25.3. The van der Waals surface area contributed by atoms with Gasteiger partial charge in [-0.15, -0.1) is 0 Å². The Balaban J connectivity index is 1.62. The van der Waals surface area contributed by atoms with Gasteiger partial charge in [-0.25, -0.2) is 15.0 Å². The summed E-state index contributed by atoms with van der Waals surface area (Å²) in [5.41, 5.74) is 10.9. The second-order valence-electron chi connectivity index (χ2n) is 11.7. The van der Waals surface area contributed by atoms with E-state index in [0.29, 0.717) is 63.8 Å². The summed E-state index contributed by atoms with van der Waals surface area (Å²) in [6.07, 6.45) is 7.62. The smallest absolute Gasteiger partial charge is 0.305 e. The van der Waals surface area contributed by atoms with Gasteiger partial charge in [0.15, 0.2) is 5.78 Å². The number of fused-ring (bicyclic) bond motifs is 5. The lowest BCUT2D eigenvalue weighted by atomic mass is 9.86. The molecule has 0 aromatic heterocycles. The second kappa shape index (κ2) is 10.7. The van der Waals surface area contributed by atoms with Gasteiger partial charge in [-0.2, -0.15) is 0 Å². The van der Waals surface area contributed by atoms with Crippen molar-refractivity contribution in [2.24, 2.45) is 26.8 Å². The standard InChI is InChI=1S/C34H36N4O5/c1-7-19-22(14-39)27-13-28-31(18(5)40)16(3)24(35-28)11-23-15(2)20(8-9-30(42)43-6)33(37-23)21-10-29(41)32-17(4)25(38-34(21)32)12-26(19)36-27/h11-15,18,20,37,39-40H,7-10H2,1-6H3/b22-14+,23-11?,25-12?,28-13?,33-21?/t15-,18+,20-/m0/s1. The lowest BCUT2D eigenvalue weighted by Gasteiger charge is -2.17. The number of aliphatic imine (C=N–C) groups is 3. The molecule has 222 valence electrons. The number of aliphatic hydroxyl groups is 2. The molecule has 0 amide bonds. The van der Waals surface area contributed by atoms with Crippen LogP contribution in [0, 0.1) is 11.8 Å². The number of ketones is 1. The Morgan fingerprint density at radius 1 is 1.14 bits per heavy atom. The highest BCUT2D eigenvalue weighted by Gasteiger charge is 2.43. The highest BCUT2D eigenvalue weighted by Crippen LogP contribution is 2.45. The van der Waals surface area contributed by atoms with Crippen LogP contribution in [0.15, 0.2) is 107 Å². The van der Waals surface area contributed by atoms with Crippen molar-refractivity contribution in [3.8, 4) is 0 Å². The second-order valence-corrected chi connectivity index (χ2v) is 11.7. The Hall–Kier alpha value is -4.37. The fourth-order valence-electron chi connectivity index (χ4n) is 6.97. The molecule has 0 radical (unpaired) electrons. The number of esters is 1. The SMILES string of the molecule is CCC1=C2C=C3N=C4C(=C5NC(=CC6=NC(=CC(=N2)/C1=C/O)C([C@@H](C)O)=C6C)[C@@H](C)[C@@H]5CCC(=O)OC)CC(=O)C4=C3C. The molecule has 6 aliphatic rings. The average Bonchev–Trinajstić information content (AvgIpc) is 3.73. The zero-order chi connectivity index (χ0) is 30.7. The number of rotatable bonds is 5. The van der Waals surface area contributed by atoms with Crippen molar-refractivity contribution in [2.45, 2.75) is 66.4 Å². The number of hydrogen-bond acceptors (Lipinski definition) is 9. The summed E-state index contributed by atoms with van der Waals surface area (Å²) >= 11 is 0.